The molecule has 0 aliphatic carbocycles. The topological polar surface area (TPSA) is 20.2 Å². The largest absolute Gasteiger partial charge is 0.419 e. The van der Waals surface area contributed by atoms with Crippen molar-refractivity contribution in [2.45, 2.75) is 18.7 Å². The maximum Gasteiger partial charge on any atom is 0.419 e. The summed E-state index contributed by atoms with van der Waals surface area (Å²) in [6.07, 6.45) is -4.81. The molecular formula is C15H11F5O. The minimum Gasteiger partial charge on any atom is -0.381 e. The number of hydrogen-bond donors (Lipinski definition) is 1. The van der Waals surface area contributed by atoms with E-state index >= 15 is 0 Å². The van der Waals surface area contributed by atoms with Gasteiger partial charge in [0.05, 0.1) is 5.56 Å². The Bertz CT molecular complexity index is 661. The van der Waals surface area contributed by atoms with Gasteiger partial charge >= 0.3 is 6.18 Å². The number of aliphatic hydroxyl groups is 1. The van der Waals surface area contributed by atoms with E-state index in [0.29, 0.717) is 12.1 Å². The fourth-order valence-electron chi connectivity index (χ4n) is 2.01. The van der Waals surface area contributed by atoms with E-state index in [9.17, 15) is 27.1 Å². The standard InChI is InChI=1S/C15H11F5O/c1-14(21,9-3-2-4-11(16)7-9)10-5-6-12(13(17)8-10)15(18,19)20/h2-8,21H,1H3. The third kappa shape index (κ3) is 3.05. The van der Waals surface area contributed by atoms with Gasteiger partial charge in [0.15, 0.2) is 0 Å². The zero-order chi connectivity index (χ0) is 15.8. The van der Waals surface area contributed by atoms with Crippen LogP contribution in [0.15, 0.2) is 42.5 Å². The Balaban J connectivity index is 2.49. The lowest BCUT2D eigenvalue weighted by Crippen LogP contribution is -2.23. The van der Waals surface area contributed by atoms with E-state index in [4.69, 9.17) is 0 Å². The molecule has 1 unspecified atom stereocenters. The van der Waals surface area contributed by atoms with Crippen molar-refractivity contribution in [3.63, 3.8) is 0 Å². The average molecular weight is 302 g/mol. The summed E-state index contributed by atoms with van der Waals surface area (Å²) in [5.41, 5.74) is -3.21. The van der Waals surface area contributed by atoms with E-state index in [0.717, 1.165) is 18.2 Å². The lowest BCUT2D eigenvalue weighted by Gasteiger charge is -2.25. The van der Waals surface area contributed by atoms with Gasteiger partial charge in [-0.1, -0.05) is 18.2 Å². The van der Waals surface area contributed by atoms with E-state index in [1.54, 1.807) is 0 Å². The molecule has 1 atom stereocenters. The summed E-state index contributed by atoms with van der Waals surface area (Å²) in [5.74, 6) is -2.10. The van der Waals surface area contributed by atoms with Crippen LogP contribution in [-0.4, -0.2) is 5.11 Å². The van der Waals surface area contributed by atoms with Crippen LogP contribution in [0.2, 0.25) is 0 Å². The van der Waals surface area contributed by atoms with Crippen LogP contribution in [0.1, 0.15) is 23.6 Å². The lowest BCUT2D eigenvalue weighted by atomic mass is 9.87. The van der Waals surface area contributed by atoms with Gasteiger partial charge in [-0.2, -0.15) is 13.2 Å². The molecule has 0 heterocycles. The first-order valence-corrected chi connectivity index (χ1v) is 5.98. The molecule has 0 amide bonds. The molecule has 0 spiro atoms. The Morgan fingerprint density at radius 1 is 0.905 bits per heavy atom. The van der Waals surface area contributed by atoms with Crippen molar-refractivity contribution < 1.29 is 27.1 Å². The van der Waals surface area contributed by atoms with Crippen LogP contribution in [0.3, 0.4) is 0 Å². The molecule has 6 heteroatoms. The second-order valence-electron chi connectivity index (χ2n) is 4.77. The molecular weight excluding hydrogens is 291 g/mol. The maximum absolute atomic E-state index is 13.6. The fraction of sp³-hybridized carbons (Fsp3) is 0.200. The smallest absolute Gasteiger partial charge is 0.381 e. The molecule has 1 N–H and O–H groups in total. The monoisotopic (exact) mass is 302 g/mol. The molecule has 0 radical (unpaired) electrons. The highest BCUT2D eigenvalue weighted by atomic mass is 19.4. The molecule has 2 rings (SSSR count). The van der Waals surface area contributed by atoms with Gasteiger partial charge in [0.2, 0.25) is 0 Å². The van der Waals surface area contributed by atoms with Crippen LogP contribution in [-0.2, 0) is 11.8 Å². The van der Waals surface area contributed by atoms with Crippen LogP contribution in [0.5, 0.6) is 0 Å². The van der Waals surface area contributed by atoms with Crippen molar-refractivity contribution in [3.8, 4) is 0 Å². The Morgan fingerprint density at radius 3 is 2.05 bits per heavy atom. The van der Waals surface area contributed by atoms with E-state index in [-0.39, 0.29) is 11.1 Å². The van der Waals surface area contributed by atoms with Crippen LogP contribution in [0.25, 0.3) is 0 Å². The lowest BCUT2D eigenvalue weighted by molar-refractivity contribution is -0.140. The van der Waals surface area contributed by atoms with E-state index < -0.39 is 29.0 Å². The summed E-state index contributed by atoms with van der Waals surface area (Å²) in [6.45, 7) is 1.25. The zero-order valence-electron chi connectivity index (χ0n) is 10.9. The molecule has 0 aromatic heterocycles. The highest BCUT2D eigenvalue weighted by Gasteiger charge is 2.35. The molecule has 0 aliphatic rings. The Hall–Kier alpha value is -1.95. The summed E-state index contributed by atoms with van der Waals surface area (Å²) in [5, 5.41) is 10.4. The van der Waals surface area contributed by atoms with Crippen LogP contribution in [0.4, 0.5) is 22.0 Å². The molecule has 21 heavy (non-hydrogen) atoms. The maximum atomic E-state index is 13.6. The van der Waals surface area contributed by atoms with Crippen molar-refractivity contribution in [1.82, 2.24) is 0 Å². The Morgan fingerprint density at radius 2 is 1.52 bits per heavy atom. The van der Waals surface area contributed by atoms with Gasteiger partial charge in [-0.25, -0.2) is 8.78 Å². The van der Waals surface area contributed by atoms with Crippen molar-refractivity contribution >= 4 is 0 Å². The minimum atomic E-state index is -4.81. The van der Waals surface area contributed by atoms with E-state index in [2.05, 4.69) is 0 Å². The first-order chi connectivity index (χ1) is 9.62. The summed E-state index contributed by atoms with van der Waals surface area (Å²) >= 11 is 0. The molecule has 0 bridgehead atoms. The predicted molar refractivity (Wildman–Crippen MR) is 66.5 cm³/mol. The van der Waals surface area contributed by atoms with Crippen molar-refractivity contribution in [2.75, 3.05) is 0 Å². The van der Waals surface area contributed by atoms with Crippen molar-refractivity contribution in [1.29, 1.82) is 0 Å². The molecule has 112 valence electrons. The SMILES string of the molecule is CC(O)(c1cccc(F)c1)c1ccc(C(F)(F)F)c(F)c1. The van der Waals surface area contributed by atoms with Crippen LogP contribution >= 0.6 is 0 Å². The second-order valence-corrected chi connectivity index (χ2v) is 4.77. The van der Waals surface area contributed by atoms with Crippen LogP contribution in [0, 0.1) is 11.6 Å². The van der Waals surface area contributed by atoms with Gasteiger partial charge in [-0.05, 0) is 42.3 Å². The third-order valence-electron chi connectivity index (χ3n) is 3.22. The number of alkyl halides is 3. The molecule has 1 nitrogen and oxygen atoms in total. The molecule has 0 fully saturated rings. The van der Waals surface area contributed by atoms with Crippen LogP contribution < -0.4 is 0 Å². The number of rotatable bonds is 2. The highest BCUT2D eigenvalue weighted by Crippen LogP contribution is 2.35. The normalized spacial score (nSPS) is 14.8. The quantitative estimate of drug-likeness (QED) is 0.823. The predicted octanol–water partition coefficient (Wildman–Crippen LogP) is 4.24. The summed E-state index contributed by atoms with van der Waals surface area (Å²) in [4.78, 5) is 0. The first-order valence-electron chi connectivity index (χ1n) is 5.98. The molecule has 0 saturated carbocycles. The minimum absolute atomic E-state index is 0.0985. The van der Waals surface area contributed by atoms with Gasteiger partial charge in [0.25, 0.3) is 0 Å². The highest BCUT2D eigenvalue weighted by molar-refractivity contribution is 5.37. The van der Waals surface area contributed by atoms with Gasteiger partial charge in [-0.15, -0.1) is 0 Å². The third-order valence-corrected chi connectivity index (χ3v) is 3.22. The molecule has 2 aromatic rings. The Labute approximate surface area is 117 Å². The molecule has 0 saturated heterocycles. The number of benzene rings is 2. The first kappa shape index (κ1) is 15.4. The fourth-order valence-corrected chi connectivity index (χ4v) is 2.01. The van der Waals surface area contributed by atoms with Crippen molar-refractivity contribution in [2.24, 2.45) is 0 Å². The van der Waals surface area contributed by atoms with Crippen molar-refractivity contribution in [3.05, 3.63) is 70.8 Å². The zero-order valence-corrected chi connectivity index (χ0v) is 10.9. The van der Waals surface area contributed by atoms with E-state index in [1.165, 1.54) is 19.1 Å². The number of hydrogen-bond acceptors (Lipinski definition) is 1. The summed E-state index contributed by atoms with van der Waals surface area (Å²) in [6, 6.07) is 7.07. The van der Waals surface area contributed by atoms with Gasteiger partial charge in [0.1, 0.15) is 17.2 Å². The number of halogens is 5. The summed E-state index contributed by atoms with van der Waals surface area (Å²) in [7, 11) is 0. The molecule has 2 aromatic carbocycles. The second kappa shape index (κ2) is 5.11. The molecule has 0 aliphatic heterocycles. The average Bonchev–Trinajstić information content (AvgIpc) is 2.37. The Kier molecular flexibility index (Phi) is 3.76. The van der Waals surface area contributed by atoms with E-state index in [1.807, 2.05) is 0 Å². The van der Waals surface area contributed by atoms with Gasteiger partial charge in [-0.3, -0.25) is 0 Å². The van der Waals surface area contributed by atoms with Gasteiger partial charge in [0, 0.05) is 0 Å². The van der Waals surface area contributed by atoms with Gasteiger partial charge < -0.3 is 5.11 Å². The summed E-state index contributed by atoms with van der Waals surface area (Å²) < 4.78 is 64.2.